The average molecular weight is 413 g/mol. The molecule has 0 aliphatic rings. The highest BCUT2D eigenvalue weighted by Gasteiger charge is 2.16. The monoisotopic (exact) mass is 413 g/mol. The second-order valence-corrected chi connectivity index (χ2v) is 7.63. The van der Waals surface area contributed by atoms with Crippen molar-refractivity contribution in [3.63, 3.8) is 0 Å². The minimum atomic E-state index is -0.738. The van der Waals surface area contributed by atoms with Crippen LogP contribution in [-0.4, -0.2) is 54.0 Å². The fourth-order valence-corrected chi connectivity index (χ4v) is 3.23. The van der Waals surface area contributed by atoms with Gasteiger partial charge in [-0.15, -0.1) is 0 Å². The van der Waals surface area contributed by atoms with E-state index in [0.717, 1.165) is 23.9 Å². The number of benzene rings is 1. The number of aromatic amines is 1. The molecule has 0 aliphatic heterocycles. The number of carbonyl (C=O) groups is 1. The van der Waals surface area contributed by atoms with E-state index >= 15 is 0 Å². The van der Waals surface area contributed by atoms with Gasteiger partial charge in [0.1, 0.15) is 11.4 Å². The largest absolute Gasteiger partial charge is 0.453 e. The molecule has 0 saturated heterocycles. The molecule has 7 nitrogen and oxygen atoms in total. The molecule has 0 spiro atoms. The highest BCUT2D eigenvalue weighted by atomic mass is 19.1. The number of halogens is 1. The van der Waals surface area contributed by atoms with Crippen LogP contribution >= 0.6 is 0 Å². The fraction of sp³-hybridized carbons (Fsp3) is 0.364. The molecule has 3 aromatic rings. The van der Waals surface area contributed by atoms with Gasteiger partial charge in [-0.3, -0.25) is 4.79 Å². The van der Waals surface area contributed by atoms with Crippen molar-refractivity contribution in [2.75, 3.05) is 27.2 Å². The summed E-state index contributed by atoms with van der Waals surface area (Å²) in [5.74, 6) is -0.117. The number of pyridine rings is 1. The third-order valence-electron chi connectivity index (χ3n) is 4.82. The quantitative estimate of drug-likeness (QED) is 0.469. The van der Waals surface area contributed by atoms with E-state index in [1.54, 1.807) is 24.4 Å². The van der Waals surface area contributed by atoms with Gasteiger partial charge in [-0.1, -0.05) is 6.07 Å². The van der Waals surface area contributed by atoms with E-state index in [1.165, 1.54) is 6.07 Å². The van der Waals surface area contributed by atoms with Crippen LogP contribution in [0, 0.1) is 12.7 Å². The Balaban J connectivity index is 1.62. The molecule has 0 aliphatic carbocycles. The minimum absolute atomic E-state index is 0.105. The van der Waals surface area contributed by atoms with Crippen molar-refractivity contribution in [1.82, 2.24) is 20.2 Å². The molecule has 30 heavy (non-hydrogen) atoms. The second kappa shape index (κ2) is 9.69. The molecular weight excluding hydrogens is 385 g/mol. The molecule has 3 rings (SSSR count). The molecule has 0 fully saturated rings. The van der Waals surface area contributed by atoms with Crippen LogP contribution in [0.25, 0.3) is 11.0 Å². The van der Waals surface area contributed by atoms with Gasteiger partial charge in [0.05, 0.1) is 11.4 Å². The highest BCUT2D eigenvalue weighted by Crippen LogP contribution is 2.32. The second-order valence-electron chi connectivity index (χ2n) is 7.63. The summed E-state index contributed by atoms with van der Waals surface area (Å²) < 4.78 is 20.4. The molecule has 1 amide bonds. The van der Waals surface area contributed by atoms with Crippen molar-refractivity contribution in [3.05, 3.63) is 53.6 Å². The number of amides is 1. The standard InChI is InChI=1S/C22H28FN5O2/c1-14-13-27-21-20(14)19(7-9-25-21)30-18-6-5-15(11-16(18)23)12-17(24)22(29)26-8-4-10-28(2)3/h5-7,9,11,13,17H,4,8,10,12,24H2,1-3H3,(H,25,27)(H,26,29)/t17-/m0/s1. The average Bonchev–Trinajstić information content (AvgIpc) is 3.09. The number of aryl methyl sites for hydroxylation is 1. The Hall–Kier alpha value is -2.97. The van der Waals surface area contributed by atoms with Crippen molar-refractivity contribution in [3.8, 4) is 11.5 Å². The SMILES string of the molecule is Cc1c[nH]c2nccc(Oc3ccc(C[C@H](N)C(=O)NCCCN(C)C)cc3F)c12. The Bertz CT molecular complexity index is 1020. The number of rotatable bonds is 9. The molecule has 0 bridgehead atoms. The van der Waals surface area contributed by atoms with E-state index in [9.17, 15) is 9.18 Å². The Kier molecular flexibility index (Phi) is 7.02. The molecule has 0 unspecified atom stereocenters. The lowest BCUT2D eigenvalue weighted by Gasteiger charge is -2.14. The molecule has 8 heteroatoms. The lowest BCUT2D eigenvalue weighted by Crippen LogP contribution is -2.42. The highest BCUT2D eigenvalue weighted by molar-refractivity contribution is 5.86. The topological polar surface area (TPSA) is 96.3 Å². The number of nitrogens with one attached hydrogen (secondary N) is 2. The van der Waals surface area contributed by atoms with Crippen LogP contribution in [0.5, 0.6) is 11.5 Å². The molecule has 1 aromatic carbocycles. The molecule has 1 atom stereocenters. The zero-order valence-electron chi connectivity index (χ0n) is 17.5. The Morgan fingerprint density at radius 1 is 1.33 bits per heavy atom. The maximum absolute atomic E-state index is 14.6. The van der Waals surface area contributed by atoms with Crippen LogP contribution in [0.15, 0.2) is 36.7 Å². The van der Waals surface area contributed by atoms with Gasteiger partial charge in [-0.2, -0.15) is 0 Å². The van der Waals surface area contributed by atoms with E-state index in [2.05, 4.69) is 15.3 Å². The summed E-state index contributed by atoms with van der Waals surface area (Å²) in [6.45, 7) is 3.37. The van der Waals surface area contributed by atoms with Gasteiger partial charge in [0.25, 0.3) is 0 Å². The van der Waals surface area contributed by atoms with Crippen molar-refractivity contribution in [2.24, 2.45) is 5.73 Å². The number of H-pyrrole nitrogens is 1. The summed E-state index contributed by atoms with van der Waals surface area (Å²) in [4.78, 5) is 21.5. The lowest BCUT2D eigenvalue weighted by molar-refractivity contribution is -0.122. The fourth-order valence-electron chi connectivity index (χ4n) is 3.23. The molecule has 0 radical (unpaired) electrons. The van der Waals surface area contributed by atoms with Crippen LogP contribution in [0.2, 0.25) is 0 Å². The van der Waals surface area contributed by atoms with Crippen LogP contribution in [-0.2, 0) is 11.2 Å². The third kappa shape index (κ3) is 5.34. The number of fused-ring (bicyclic) bond motifs is 1. The van der Waals surface area contributed by atoms with Crippen molar-refractivity contribution in [1.29, 1.82) is 0 Å². The number of hydrogen-bond donors (Lipinski definition) is 3. The minimum Gasteiger partial charge on any atom is -0.453 e. The first-order valence-electron chi connectivity index (χ1n) is 9.92. The molecule has 0 saturated carbocycles. The van der Waals surface area contributed by atoms with E-state index < -0.39 is 11.9 Å². The van der Waals surface area contributed by atoms with Gasteiger partial charge in [0, 0.05) is 18.9 Å². The smallest absolute Gasteiger partial charge is 0.237 e. The van der Waals surface area contributed by atoms with Crippen molar-refractivity contribution in [2.45, 2.75) is 25.8 Å². The maximum Gasteiger partial charge on any atom is 0.237 e. The van der Waals surface area contributed by atoms with Gasteiger partial charge in [-0.25, -0.2) is 9.37 Å². The van der Waals surface area contributed by atoms with Gasteiger partial charge in [0.15, 0.2) is 11.6 Å². The first kappa shape index (κ1) is 21.7. The molecule has 2 heterocycles. The first-order valence-corrected chi connectivity index (χ1v) is 9.92. The lowest BCUT2D eigenvalue weighted by atomic mass is 10.1. The van der Waals surface area contributed by atoms with Gasteiger partial charge in [0.2, 0.25) is 5.91 Å². The zero-order valence-corrected chi connectivity index (χ0v) is 17.5. The summed E-state index contributed by atoms with van der Waals surface area (Å²) in [7, 11) is 3.96. The number of aromatic nitrogens is 2. The number of carbonyl (C=O) groups excluding carboxylic acids is 1. The predicted molar refractivity (Wildman–Crippen MR) is 115 cm³/mol. The van der Waals surface area contributed by atoms with E-state index in [4.69, 9.17) is 10.5 Å². The molecule has 4 N–H and O–H groups in total. The summed E-state index contributed by atoms with van der Waals surface area (Å²) in [5.41, 5.74) is 8.27. The molecular formula is C22H28FN5O2. The number of nitrogens with two attached hydrogens (primary N) is 1. The predicted octanol–water partition coefficient (Wildman–Crippen LogP) is 2.74. The third-order valence-corrected chi connectivity index (χ3v) is 4.82. The first-order chi connectivity index (χ1) is 14.3. The van der Waals surface area contributed by atoms with Crippen LogP contribution in [0.4, 0.5) is 4.39 Å². The summed E-state index contributed by atoms with van der Waals surface area (Å²) >= 11 is 0. The number of nitrogens with zero attached hydrogens (tertiary/aromatic N) is 2. The van der Waals surface area contributed by atoms with Crippen molar-refractivity contribution >= 4 is 16.9 Å². The molecule has 160 valence electrons. The zero-order chi connectivity index (χ0) is 21.7. The number of ether oxygens (including phenoxy) is 1. The Morgan fingerprint density at radius 3 is 2.87 bits per heavy atom. The summed E-state index contributed by atoms with van der Waals surface area (Å²) in [6, 6.07) is 5.60. The van der Waals surface area contributed by atoms with E-state index in [1.807, 2.05) is 32.1 Å². The molecule has 2 aromatic heterocycles. The summed E-state index contributed by atoms with van der Waals surface area (Å²) in [6.07, 6.45) is 4.52. The van der Waals surface area contributed by atoms with Gasteiger partial charge >= 0.3 is 0 Å². The van der Waals surface area contributed by atoms with E-state index in [-0.39, 0.29) is 18.1 Å². The van der Waals surface area contributed by atoms with E-state index in [0.29, 0.717) is 23.5 Å². The van der Waals surface area contributed by atoms with Gasteiger partial charge < -0.3 is 25.7 Å². The van der Waals surface area contributed by atoms with Crippen LogP contribution in [0.3, 0.4) is 0 Å². The number of hydrogen-bond acceptors (Lipinski definition) is 5. The normalized spacial score (nSPS) is 12.3. The Morgan fingerprint density at radius 2 is 2.13 bits per heavy atom. The summed E-state index contributed by atoms with van der Waals surface area (Å²) in [5, 5.41) is 3.63. The van der Waals surface area contributed by atoms with Gasteiger partial charge in [-0.05, 0) is 69.7 Å². The van der Waals surface area contributed by atoms with Crippen LogP contribution < -0.4 is 15.8 Å². The van der Waals surface area contributed by atoms with Crippen molar-refractivity contribution < 1.29 is 13.9 Å². The Labute approximate surface area is 175 Å². The maximum atomic E-state index is 14.6. The van der Waals surface area contributed by atoms with Crippen LogP contribution in [0.1, 0.15) is 17.5 Å².